The standard InChI is InChI=1S/C19H24N2/c1-2-6-18(7-3-1)19-10-8-17(9-11-19)16-20-12-15-21-13-4-5-14-21/h1-3,6-11,20H,4-5,12-16H2. The molecule has 0 radical (unpaired) electrons. The fraction of sp³-hybridized carbons (Fsp3) is 0.368. The Morgan fingerprint density at radius 2 is 1.48 bits per heavy atom. The van der Waals surface area contributed by atoms with Crippen LogP contribution in [0.25, 0.3) is 11.1 Å². The summed E-state index contributed by atoms with van der Waals surface area (Å²) in [5, 5.41) is 3.55. The SMILES string of the molecule is c1ccc(-c2ccc(CNCCN3CCCC3)cc2)cc1. The average Bonchev–Trinajstić information content (AvgIpc) is 3.06. The lowest BCUT2D eigenvalue weighted by molar-refractivity contribution is 0.335. The number of likely N-dealkylation sites (tertiary alicyclic amines) is 1. The van der Waals surface area contributed by atoms with Gasteiger partial charge in [-0.05, 0) is 42.6 Å². The van der Waals surface area contributed by atoms with Crippen LogP contribution < -0.4 is 5.32 Å². The van der Waals surface area contributed by atoms with Crippen LogP contribution in [0.5, 0.6) is 0 Å². The average molecular weight is 280 g/mol. The molecule has 0 bridgehead atoms. The van der Waals surface area contributed by atoms with Crippen molar-refractivity contribution >= 4 is 0 Å². The molecule has 0 unspecified atom stereocenters. The summed E-state index contributed by atoms with van der Waals surface area (Å²) in [7, 11) is 0. The molecule has 110 valence electrons. The molecule has 1 heterocycles. The van der Waals surface area contributed by atoms with Gasteiger partial charge in [-0.15, -0.1) is 0 Å². The smallest absolute Gasteiger partial charge is 0.0206 e. The minimum Gasteiger partial charge on any atom is -0.311 e. The first-order valence-corrected chi connectivity index (χ1v) is 7.99. The van der Waals surface area contributed by atoms with Gasteiger partial charge in [0.05, 0.1) is 0 Å². The molecule has 2 heteroatoms. The summed E-state index contributed by atoms with van der Waals surface area (Å²) in [6.07, 6.45) is 2.75. The van der Waals surface area contributed by atoms with E-state index in [1.807, 2.05) is 0 Å². The number of rotatable bonds is 6. The maximum atomic E-state index is 3.55. The van der Waals surface area contributed by atoms with E-state index in [1.165, 1.54) is 49.2 Å². The topological polar surface area (TPSA) is 15.3 Å². The molecule has 1 aliphatic heterocycles. The van der Waals surface area contributed by atoms with E-state index in [2.05, 4.69) is 64.8 Å². The molecule has 1 fully saturated rings. The zero-order valence-corrected chi connectivity index (χ0v) is 12.6. The summed E-state index contributed by atoms with van der Waals surface area (Å²) in [6, 6.07) is 19.4. The molecular weight excluding hydrogens is 256 g/mol. The second-order valence-corrected chi connectivity index (χ2v) is 5.79. The fourth-order valence-electron chi connectivity index (χ4n) is 2.92. The van der Waals surface area contributed by atoms with E-state index in [0.29, 0.717) is 0 Å². The van der Waals surface area contributed by atoms with Gasteiger partial charge in [0, 0.05) is 19.6 Å². The summed E-state index contributed by atoms with van der Waals surface area (Å²) in [5.74, 6) is 0. The molecule has 0 spiro atoms. The van der Waals surface area contributed by atoms with Crippen LogP contribution in [0.1, 0.15) is 18.4 Å². The van der Waals surface area contributed by atoms with Crippen molar-refractivity contribution in [3.05, 3.63) is 60.2 Å². The Hall–Kier alpha value is -1.64. The van der Waals surface area contributed by atoms with Gasteiger partial charge in [-0.25, -0.2) is 0 Å². The normalized spacial score (nSPS) is 15.4. The molecule has 0 aliphatic carbocycles. The number of hydrogen-bond acceptors (Lipinski definition) is 2. The Labute approximate surface area is 127 Å². The van der Waals surface area contributed by atoms with Gasteiger partial charge in [0.15, 0.2) is 0 Å². The van der Waals surface area contributed by atoms with Crippen LogP contribution in [0.3, 0.4) is 0 Å². The Morgan fingerprint density at radius 3 is 2.19 bits per heavy atom. The van der Waals surface area contributed by atoms with Gasteiger partial charge < -0.3 is 10.2 Å². The van der Waals surface area contributed by atoms with Gasteiger partial charge in [-0.2, -0.15) is 0 Å². The molecule has 1 saturated heterocycles. The zero-order chi connectivity index (χ0) is 14.3. The maximum absolute atomic E-state index is 3.55. The molecular formula is C19H24N2. The second kappa shape index (κ2) is 7.39. The molecule has 21 heavy (non-hydrogen) atoms. The van der Waals surface area contributed by atoms with Crippen molar-refractivity contribution in [3.8, 4) is 11.1 Å². The summed E-state index contributed by atoms with van der Waals surface area (Å²) >= 11 is 0. The predicted molar refractivity (Wildman–Crippen MR) is 89.3 cm³/mol. The van der Waals surface area contributed by atoms with Crippen LogP contribution in [0.2, 0.25) is 0 Å². The number of hydrogen-bond donors (Lipinski definition) is 1. The fourth-order valence-corrected chi connectivity index (χ4v) is 2.92. The van der Waals surface area contributed by atoms with E-state index < -0.39 is 0 Å². The van der Waals surface area contributed by atoms with Crippen LogP contribution in [0, 0.1) is 0 Å². The minimum absolute atomic E-state index is 0.961. The highest BCUT2D eigenvalue weighted by Crippen LogP contribution is 2.19. The third-order valence-electron chi connectivity index (χ3n) is 4.19. The molecule has 3 rings (SSSR count). The van der Waals surface area contributed by atoms with E-state index in [-0.39, 0.29) is 0 Å². The Balaban J connectivity index is 1.46. The van der Waals surface area contributed by atoms with E-state index >= 15 is 0 Å². The molecule has 0 saturated carbocycles. The summed E-state index contributed by atoms with van der Waals surface area (Å²) < 4.78 is 0. The van der Waals surface area contributed by atoms with Crippen molar-refractivity contribution in [2.75, 3.05) is 26.2 Å². The number of benzene rings is 2. The van der Waals surface area contributed by atoms with Gasteiger partial charge in [0.25, 0.3) is 0 Å². The van der Waals surface area contributed by atoms with E-state index in [4.69, 9.17) is 0 Å². The monoisotopic (exact) mass is 280 g/mol. The van der Waals surface area contributed by atoms with Crippen LogP contribution in [0.15, 0.2) is 54.6 Å². The lowest BCUT2D eigenvalue weighted by Crippen LogP contribution is -2.29. The quantitative estimate of drug-likeness (QED) is 0.814. The lowest BCUT2D eigenvalue weighted by atomic mass is 10.0. The highest BCUT2D eigenvalue weighted by Gasteiger charge is 2.09. The van der Waals surface area contributed by atoms with E-state index in [1.54, 1.807) is 0 Å². The zero-order valence-electron chi connectivity index (χ0n) is 12.6. The largest absolute Gasteiger partial charge is 0.311 e. The van der Waals surface area contributed by atoms with Gasteiger partial charge >= 0.3 is 0 Å². The third-order valence-corrected chi connectivity index (χ3v) is 4.19. The molecule has 0 aromatic heterocycles. The Bertz CT molecular complexity index is 527. The molecule has 2 nitrogen and oxygen atoms in total. The second-order valence-electron chi connectivity index (χ2n) is 5.79. The van der Waals surface area contributed by atoms with Gasteiger partial charge in [0.1, 0.15) is 0 Å². The molecule has 2 aromatic carbocycles. The highest BCUT2D eigenvalue weighted by molar-refractivity contribution is 5.63. The molecule has 1 N–H and O–H groups in total. The van der Waals surface area contributed by atoms with Crippen LogP contribution in [-0.4, -0.2) is 31.1 Å². The summed E-state index contributed by atoms with van der Waals surface area (Å²) in [4.78, 5) is 2.55. The first-order valence-electron chi connectivity index (χ1n) is 7.99. The first kappa shape index (κ1) is 14.3. The van der Waals surface area contributed by atoms with Gasteiger partial charge in [-0.3, -0.25) is 0 Å². The van der Waals surface area contributed by atoms with Gasteiger partial charge in [-0.1, -0.05) is 54.6 Å². The predicted octanol–water partition coefficient (Wildman–Crippen LogP) is 3.54. The molecule has 1 aliphatic rings. The van der Waals surface area contributed by atoms with Crippen molar-refractivity contribution < 1.29 is 0 Å². The molecule has 2 aromatic rings. The first-order chi connectivity index (χ1) is 10.4. The lowest BCUT2D eigenvalue weighted by Gasteiger charge is -2.14. The molecule has 0 atom stereocenters. The van der Waals surface area contributed by atoms with Crippen LogP contribution in [-0.2, 0) is 6.54 Å². The minimum atomic E-state index is 0.961. The third kappa shape index (κ3) is 4.16. The van der Waals surface area contributed by atoms with Crippen molar-refractivity contribution in [3.63, 3.8) is 0 Å². The van der Waals surface area contributed by atoms with Crippen molar-refractivity contribution in [1.82, 2.24) is 10.2 Å². The molecule has 0 amide bonds. The van der Waals surface area contributed by atoms with Gasteiger partial charge in [0.2, 0.25) is 0 Å². The van der Waals surface area contributed by atoms with Crippen molar-refractivity contribution in [2.45, 2.75) is 19.4 Å². The van der Waals surface area contributed by atoms with Crippen molar-refractivity contribution in [1.29, 1.82) is 0 Å². The van der Waals surface area contributed by atoms with Crippen molar-refractivity contribution in [2.24, 2.45) is 0 Å². The van der Waals surface area contributed by atoms with Crippen LogP contribution >= 0.6 is 0 Å². The van der Waals surface area contributed by atoms with E-state index in [9.17, 15) is 0 Å². The Morgan fingerprint density at radius 1 is 0.810 bits per heavy atom. The highest BCUT2D eigenvalue weighted by atomic mass is 15.1. The number of nitrogens with zero attached hydrogens (tertiary/aromatic N) is 1. The van der Waals surface area contributed by atoms with E-state index in [0.717, 1.165) is 13.1 Å². The summed E-state index contributed by atoms with van der Waals surface area (Å²) in [5.41, 5.74) is 3.93. The Kier molecular flexibility index (Phi) is 5.03. The van der Waals surface area contributed by atoms with Crippen LogP contribution in [0.4, 0.5) is 0 Å². The number of nitrogens with one attached hydrogen (secondary N) is 1. The summed E-state index contributed by atoms with van der Waals surface area (Å²) in [6.45, 7) is 5.80. The maximum Gasteiger partial charge on any atom is 0.0206 e.